The summed E-state index contributed by atoms with van der Waals surface area (Å²) in [7, 11) is -3.40. The quantitative estimate of drug-likeness (QED) is 0.783. The van der Waals surface area contributed by atoms with Crippen LogP contribution in [-0.4, -0.2) is 27.4 Å². The lowest BCUT2D eigenvalue weighted by molar-refractivity contribution is -0.116. The van der Waals surface area contributed by atoms with E-state index in [0.717, 1.165) is 25.9 Å². The topological polar surface area (TPSA) is 75.3 Å². The molecule has 3 rings (SSSR count). The second kappa shape index (κ2) is 8.47. The predicted molar refractivity (Wildman–Crippen MR) is 103 cm³/mol. The highest BCUT2D eigenvalue weighted by atomic mass is 32.2. The van der Waals surface area contributed by atoms with Gasteiger partial charge in [0, 0.05) is 12.1 Å². The van der Waals surface area contributed by atoms with Crippen LogP contribution in [0.1, 0.15) is 24.8 Å². The fourth-order valence-electron chi connectivity index (χ4n) is 3.19. The molecule has 2 N–H and O–H groups in total. The molecule has 1 saturated heterocycles. The van der Waals surface area contributed by atoms with Crippen LogP contribution in [0.25, 0.3) is 0 Å². The van der Waals surface area contributed by atoms with Crippen molar-refractivity contribution in [1.82, 2.24) is 5.32 Å². The van der Waals surface area contributed by atoms with E-state index >= 15 is 0 Å². The average molecular weight is 372 g/mol. The summed E-state index contributed by atoms with van der Waals surface area (Å²) in [5, 5.41) is 6.18. The molecule has 0 aliphatic carbocycles. The van der Waals surface area contributed by atoms with Crippen LogP contribution in [0.2, 0.25) is 0 Å². The van der Waals surface area contributed by atoms with Crippen LogP contribution in [0, 0.1) is 5.92 Å². The lowest BCUT2D eigenvalue weighted by Gasteiger charge is -2.10. The van der Waals surface area contributed by atoms with Gasteiger partial charge in [-0.3, -0.25) is 4.79 Å². The molecule has 1 atom stereocenters. The van der Waals surface area contributed by atoms with Gasteiger partial charge in [-0.2, -0.15) is 0 Å². The molecule has 138 valence electrons. The monoisotopic (exact) mass is 372 g/mol. The van der Waals surface area contributed by atoms with E-state index in [-0.39, 0.29) is 11.7 Å². The van der Waals surface area contributed by atoms with Crippen molar-refractivity contribution in [2.45, 2.75) is 29.9 Å². The molecule has 0 bridgehead atoms. The van der Waals surface area contributed by atoms with Crippen molar-refractivity contribution in [2.24, 2.45) is 5.92 Å². The van der Waals surface area contributed by atoms with E-state index in [4.69, 9.17) is 0 Å². The minimum Gasteiger partial charge on any atom is -0.326 e. The van der Waals surface area contributed by atoms with Crippen LogP contribution in [-0.2, 0) is 20.4 Å². The average Bonchev–Trinajstić information content (AvgIpc) is 3.14. The smallest absolute Gasteiger partial charge is 0.224 e. The van der Waals surface area contributed by atoms with Gasteiger partial charge in [-0.25, -0.2) is 8.42 Å². The lowest BCUT2D eigenvalue weighted by Crippen LogP contribution is -2.15. The molecule has 0 radical (unpaired) electrons. The Balaban J connectivity index is 1.60. The molecule has 2 aromatic carbocycles. The van der Waals surface area contributed by atoms with Gasteiger partial charge in [0.25, 0.3) is 0 Å². The third-order valence-corrected chi connectivity index (χ3v) is 6.32. The fraction of sp³-hybridized carbons (Fsp3) is 0.350. The molecular weight excluding hydrogens is 348 g/mol. The van der Waals surface area contributed by atoms with Crippen LogP contribution >= 0.6 is 0 Å². The molecule has 0 aromatic heterocycles. The van der Waals surface area contributed by atoms with E-state index in [1.807, 2.05) is 0 Å². The van der Waals surface area contributed by atoms with Crippen LogP contribution in [0.4, 0.5) is 5.69 Å². The molecule has 1 aliphatic heterocycles. The number of amides is 1. The predicted octanol–water partition coefficient (Wildman–Crippen LogP) is 2.99. The Kier molecular flexibility index (Phi) is 6.06. The van der Waals surface area contributed by atoms with Gasteiger partial charge in [0.2, 0.25) is 5.91 Å². The highest BCUT2D eigenvalue weighted by Gasteiger charge is 2.17. The summed E-state index contributed by atoms with van der Waals surface area (Å²) in [6.07, 6.45) is 2.49. The highest BCUT2D eigenvalue weighted by molar-refractivity contribution is 7.90. The first kappa shape index (κ1) is 18.6. The summed E-state index contributed by atoms with van der Waals surface area (Å²) in [6.45, 7) is 2.02. The van der Waals surface area contributed by atoms with Gasteiger partial charge in [0.05, 0.1) is 10.6 Å². The molecule has 0 saturated carbocycles. The maximum Gasteiger partial charge on any atom is 0.224 e. The van der Waals surface area contributed by atoms with Gasteiger partial charge in [0.1, 0.15) is 0 Å². The largest absolute Gasteiger partial charge is 0.326 e. The van der Waals surface area contributed by atoms with Gasteiger partial charge in [-0.1, -0.05) is 30.3 Å². The Labute approximate surface area is 154 Å². The number of nitrogens with one attached hydrogen (secondary N) is 2. The number of anilines is 1. The molecule has 2 aromatic rings. The minimum absolute atomic E-state index is 0.0278. The molecule has 1 aliphatic rings. The van der Waals surface area contributed by atoms with Crippen molar-refractivity contribution in [3.8, 4) is 0 Å². The zero-order valence-corrected chi connectivity index (χ0v) is 15.5. The third-order valence-electron chi connectivity index (χ3n) is 4.61. The zero-order chi connectivity index (χ0) is 18.4. The zero-order valence-electron chi connectivity index (χ0n) is 14.6. The Morgan fingerprint density at radius 1 is 1.12 bits per heavy atom. The number of hydrogen-bond donors (Lipinski definition) is 2. The fourth-order valence-corrected chi connectivity index (χ4v) is 4.55. The first-order valence-electron chi connectivity index (χ1n) is 8.90. The highest BCUT2D eigenvalue weighted by Crippen LogP contribution is 2.19. The van der Waals surface area contributed by atoms with E-state index in [2.05, 4.69) is 10.6 Å². The Morgan fingerprint density at radius 3 is 2.65 bits per heavy atom. The number of carbonyl (C=O) groups is 1. The van der Waals surface area contributed by atoms with E-state index < -0.39 is 9.84 Å². The number of benzene rings is 2. The van der Waals surface area contributed by atoms with Gasteiger partial charge in [-0.05, 0) is 61.7 Å². The molecule has 1 amide bonds. The van der Waals surface area contributed by atoms with Gasteiger partial charge < -0.3 is 10.6 Å². The van der Waals surface area contributed by atoms with Crippen LogP contribution in [0.3, 0.4) is 0 Å². The first-order chi connectivity index (χ1) is 12.5. The Hall–Kier alpha value is -2.18. The van der Waals surface area contributed by atoms with Crippen LogP contribution in [0.15, 0.2) is 59.5 Å². The second-order valence-electron chi connectivity index (χ2n) is 6.72. The summed E-state index contributed by atoms with van der Waals surface area (Å²) < 4.78 is 25.0. The van der Waals surface area contributed by atoms with Crippen molar-refractivity contribution < 1.29 is 13.2 Å². The Bertz CT molecular complexity index is 844. The summed E-state index contributed by atoms with van der Waals surface area (Å²) in [5.41, 5.74) is 1.30. The van der Waals surface area contributed by atoms with Gasteiger partial charge in [0.15, 0.2) is 9.84 Å². The van der Waals surface area contributed by atoms with E-state index in [0.29, 0.717) is 28.5 Å². The molecule has 1 fully saturated rings. The molecule has 0 spiro atoms. The van der Waals surface area contributed by atoms with Crippen molar-refractivity contribution in [2.75, 3.05) is 18.4 Å². The first-order valence-corrected chi connectivity index (χ1v) is 10.6. The SMILES string of the molecule is O=C(CCC1CCNC1)Nc1cccc(CS(=O)(=O)c2ccccc2)c1. The maximum absolute atomic E-state index is 12.5. The van der Waals surface area contributed by atoms with Crippen molar-refractivity contribution in [1.29, 1.82) is 0 Å². The van der Waals surface area contributed by atoms with Gasteiger partial charge in [-0.15, -0.1) is 0 Å². The normalized spacial score (nSPS) is 17.2. The van der Waals surface area contributed by atoms with E-state index in [1.54, 1.807) is 54.6 Å². The van der Waals surface area contributed by atoms with Crippen molar-refractivity contribution in [3.63, 3.8) is 0 Å². The molecule has 5 nitrogen and oxygen atoms in total. The van der Waals surface area contributed by atoms with E-state index in [1.165, 1.54) is 0 Å². The van der Waals surface area contributed by atoms with Crippen LogP contribution < -0.4 is 10.6 Å². The molecule has 6 heteroatoms. The molecular formula is C20H24N2O3S. The summed E-state index contributed by atoms with van der Waals surface area (Å²) in [5.74, 6) is 0.456. The number of sulfone groups is 1. The molecule has 1 unspecified atom stereocenters. The number of rotatable bonds is 7. The standard InChI is InChI=1S/C20H24N2O3S/c23-20(10-9-16-11-12-21-14-16)22-18-6-4-5-17(13-18)15-26(24,25)19-7-2-1-3-8-19/h1-8,13,16,21H,9-12,14-15H2,(H,22,23). The van der Waals surface area contributed by atoms with E-state index in [9.17, 15) is 13.2 Å². The third kappa shape index (κ3) is 5.16. The molecule has 26 heavy (non-hydrogen) atoms. The summed E-state index contributed by atoms with van der Waals surface area (Å²) >= 11 is 0. The second-order valence-corrected chi connectivity index (χ2v) is 8.71. The van der Waals surface area contributed by atoms with Gasteiger partial charge >= 0.3 is 0 Å². The molecule has 1 heterocycles. The lowest BCUT2D eigenvalue weighted by atomic mass is 10.0. The minimum atomic E-state index is -3.40. The maximum atomic E-state index is 12.5. The number of carbonyl (C=O) groups excluding carboxylic acids is 1. The summed E-state index contributed by atoms with van der Waals surface area (Å²) in [6, 6.07) is 15.5. The summed E-state index contributed by atoms with van der Waals surface area (Å²) in [4.78, 5) is 12.4. The van der Waals surface area contributed by atoms with Crippen molar-refractivity contribution in [3.05, 3.63) is 60.2 Å². The number of hydrogen-bond acceptors (Lipinski definition) is 4. The van der Waals surface area contributed by atoms with Crippen molar-refractivity contribution >= 4 is 21.4 Å². The Morgan fingerprint density at radius 2 is 1.92 bits per heavy atom. The van der Waals surface area contributed by atoms with Crippen LogP contribution in [0.5, 0.6) is 0 Å².